The number of piperidine rings is 1. The van der Waals surface area contributed by atoms with Crippen molar-refractivity contribution in [1.82, 2.24) is 15.5 Å². The van der Waals surface area contributed by atoms with Gasteiger partial charge in [-0.05, 0) is 55.7 Å². The maximum Gasteiger partial charge on any atom is 0.191 e. The molecule has 1 atom stereocenters. The number of ether oxygens (including phenoxy) is 1. The molecule has 2 aliphatic rings. The van der Waals surface area contributed by atoms with Crippen molar-refractivity contribution in [2.24, 2.45) is 10.9 Å². The molecule has 2 aliphatic heterocycles. The number of aryl methyl sites for hydroxylation is 1. The second-order valence-corrected chi connectivity index (χ2v) is 8.60. The number of hydrogen-bond acceptors (Lipinski definition) is 3. The van der Waals surface area contributed by atoms with Gasteiger partial charge in [-0.25, -0.2) is 0 Å². The highest BCUT2D eigenvalue weighted by Gasteiger charge is 2.24. The van der Waals surface area contributed by atoms with Gasteiger partial charge in [0.15, 0.2) is 5.96 Å². The van der Waals surface area contributed by atoms with Crippen molar-refractivity contribution in [3.05, 3.63) is 34.3 Å². The lowest BCUT2D eigenvalue weighted by Crippen LogP contribution is -2.49. The largest absolute Gasteiger partial charge is 0.381 e. The molecule has 0 spiro atoms. The molecule has 2 heterocycles. The molecule has 7 heteroatoms. The first-order chi connectivity index (χ1) is 13.2. The predicted octanol–water partition coefficient (Wildman–Crippen LogP) is 3.67. The third-order valence-electron chi connectivity index (χ3n) is 5.52. The van der Waals surface area contributed by atoms with E-state index in [4.69, 9.17) is 4.74 Å². The monoisotopic (exact) mass is 564 g/mol. The number of nitrogens with one attached hydrogen (secondary N) is 2. The van der Waals surface area contributed by atoms with E-state index >= 15 is 0 Å². The minimum absolute atomic E-state index is 0. The first-order valence-corrected chi connectivity index (χ1v) is 11.0. The van der Waals surface area contributed by atoms with Crippen molar-refractivity contribution in [3.63, 3.8) is 0 Å². The van der Waals surface area contributed by atoms with E-state index in [0.29, 0.717) is 6.04 Å². The third kappa shape index (κ3) is 8.16. The van der Waals surface area contributed by atoms with Crippen LogP contribution in [0, 0.1) is 5.92 Å². The standard InChI is InChI=1S/C21H33BrN4O.HI/c1-23-21(24-10-3-5-17-4-2-6-19(22)14-17)25-20-7-11-26(12-8-20)15-18-9-13-27-16-18;/h2,4,6,14,18,20H,3,5,7-13,15-16H2,1H3,(H2,23,24,25);1H. The van der Waals surface area contributed by atoms with Crippen LogP contribution < -0.4 is 10.6 Å². The minimum atomic E-state index is 0. The van der Waals surface area contributed by atoms with Crippen LogP contribution in [0.4, 0.5) is 0 Å². The normalized spacial score (nSPS) is 21.4. The molecule has 2 N–H and O–H groups in total. The number of nitrogens with zero attached hydrogens (tertiary/aromatic N) is 2. The molecule has 5 nitrogen and oxygen atoms in total. The van der Waals surface area contributed by atoms with E-state index in [1.807, 2.05) is 7.05 Å². The van der Waals surface area contributed by atoms with E-state index < -0.39 is 0 Å². The van der Waals surface area contributed by atoms with Crippen LogP contribution in [0.3, 0.4) is 0 Å². The Morgan fingerprint density at radius 1 is 1.29 bits per heavy atom. The van der Waals surface area contributed by atoms with Gasteiger partial charge in [0.25, 0.3) is 0 Å². The summed E-state index contributed by atoms with van der Waals surface area (Å²) < 4.78 is 6.65. The second-order valence-electron chi connectivity index (χ2n) is 7.68. The number of halogens is 2. The van der Waals surface area contributed by atoms with Gasteiger partial charge in [0, 0.05) is 50.3 Å². The van der Waals surface area contributed by atoms with Crippen molar-refractivity contribution in [2.75, 3.05) is 46.4 Å². The van der Waals surface area contributed by atoms with Gasteiger partial charge in [-0.3, -0.25) is 4.99 Å². The van der Waals surface area contributed by atoms with E-state index in [1.54, 1.807) is 0 Å². The molecule has 1 unspecified atom stereocenters. The molecule has 0 amide bonds. The summed E-state index contributed by atoms with van der Waals surface area (Å²) in [6, 6.07) is 9.07. The first kappa shape index (κ1) is 23.9. The van der Waals surface area contributed by atoms with Crippen LogP contribution >= 0.6 is 39.9 Å². The molecule has 1 aromatic rings. The SMILES string of the molecule is CN=C(NCCCc1cccc(Br)c1)NC1CCN(CC2CCOC2)CC1.I. The summed E-state index contributed by atoms with van der Waals surface area (Å²) in [7, 11) is 1.86. The van der Waals surface area contributed by atoms with Gasteiger partial charge in [-0.2, -0.15) is 0 Å². The van der Waals surface area contributed by atoms with Crippen LogP contribution in [0.5, 0.6) is 0 Å². The van der Waals surface area contributed by atoms with Gasteiger partial charge in [0.2, 0.25) is 0 Å². The number of aliphatic imine (C=N–C) groups is 1. The van der Waals surface area contributed by atoms with Gasteiger partial charge in [-0.15, -0.1) is 24.0 Å². The van der Waals surface area contributed by atoms with Crippen LogP contribution in [0.2, 0.25) is 0 Å². The zero-order valence-corrected chi connectivity index (χ0v) is 20.7. The van der Waals surface area contributed by atoms with Crippen molar-refractivity contribution in [3.8, 4) is 0 Å². The lowest BCUT2D eigenvalue weighted by Gasteiger charge is -2.34. The first-order valence-electron chi connectivity index (χ1n) is 10.2. The van der Waals surface area contributed by atoms with Gasteiger partial charge >= 0.3 is 0 Å². The summed E-state index contributed by atoms with van der Waals surface area (Å²) in [4.78, 5) is 7.00. The predicted molar refractivity (Wildman–Crippen MR) is 131 cm³/mol. The van der Waals surface area contributed by atoms with Gasteiger partial charge in [0.05, 0.1) is 6.61 Å². The molecule has 0 radical (unpaired) electrons. The van der Waals surface area contributed by atoms with Crippen molar-refractivity contribution in [2.45, 2.75) is 38.1 Å². The molecular formula is C21H34BrIN4O. The molecule has 2 saturated heterocycles. The lowest BCUT2D eigenvalue weighted by molar-refractivity contribution is 0.150. The third-order valence-corrected chi connectivity index (χ3v) is 6.01. The maximum atomic E-state index is 5.50. The van der Waals surface area contributed by atoms with Crippen LogP contribution in [0.1, 0.15) is 31.2 Å². The fourth-order valence-corrected chi connectivity index (χ4v) is 4.38. The smallest absolute Gasteiger partial charge is 0.191 e. The minimum Gasteiger partial charge on any atom is -0.381 e. The quantitative estimate of drug-likeness (QED) is 0.230. The average Bonchev–Trinajstić information content (AvgIpc) is 3.19. The summed E-state index contributed by atoms with van der Waals surface area (Å²) in [5.74, 6) is 1.68. The van der Waals surface area contributed by atoms with Gasteiger partial charge < -0.3 is 20.3 Å². The zero-order chi connectivity index (χ0) is 18.9. The molecule has 0 saturated carbocycles. The highest BCUT2D eigenvalue weighted by atomic mass is 127. The zero-order valence-electron chi connectivity index (χ0n) is 16.8. The Morgan fingerprint density at radius 2 is 2.11 bits per heavy atom. The molecular weight excluding hydrogens is 531 g/mol. The Balaban J connectivity index is 0.00000280. The summed E-state index contributed by atoms with van der Waals surface area (Å²) in [5.41, 5.74) is 1.37. The molecule has 0 aromatic heterocycles. The molecule has 2 fully saturated rings. The van der Waals surface area contributed by atoms with E-state index in [-0.39, 0.29) is 24.0 Å². The highest BCUT2D eigenvalue weighted by molar-refractivity contribution is 14.0. The van der Waals surface area contributed by atoms with Crippen molar-refractivity contribution >= 4 is 45.9 Å². The number of guanidine groups is 1. The molecule has 3 rings (SSSR count). The van der Waals surface area contributed by atoms with Gasteiger partial charge in [-0.1, -0.05) is 28.1 Å². The van der Waals surface area contributed by atoms with E-state index in [0.717, 1.165) is 49.0 Å². The van der Waals surface area contributed by atoms with Gasteiger partial charge in [0.1, 0.15) is 0 Å². The van der Waals surface area contributed by atoms with E-state index in [2.05, 4.69) is 60.7 Å². The molecule has 0 bridgehead atoms. The fraction of sp³-hybridized carbons (Fsp3) is 0.667. The van der Waals surface area contributed by atoms with Crippen molar-refractivity contribution < 1.29 is 4.74 Å². The fourth-order valence-electron chi connectivity index (χ4n) is 3.93. The topological polar surface area (TPSA) is 48.9 Å². The average molecular weight is 565 g/mol. The van der Waals surface area contributed by atoms with E-state index in [1.165, 1.54) is 44.5 Å². The summed E-state index contributed by atoms with van der Waals surface area (Å²) in [5, 5.41) is 7.08. The second kappa shape index (κ2) is 13.0. The molecule has 158 valence electrons. The number of benzene rings is 1. The van der Waals surface area contributed by atoms with Crippen molar-refractivity contribution in [1.29, 1.82) is 0 Å². The number of hydrogen-bond donors (Lipinski definition) is 2. The summed E-state index contributed by atoms with van der Waals surface area (Å²) in [6.45, 7) is 6.39. The Bertz CT molecular complexity index is 602. The van der Waals surface area contributed by atoms with Crippen LogP contribution in [0.25, 0.3) is 0 Å². The molecule has 0 aliphatic carbocycles. The summed E-state index contributed by atoms with van der Waals surface area (Å²) >= 11 is 3.53. The van der Waals surface area contributed by atoms with Crippen LogP contribution in [-0.4, -0.2) is 63.3 Å². The van der Waals surface area contributed by atoms with Crippen LogP contribution in [-0.2, 0) is 11.2 Å². The van der Waals surface area contributed by atoms with E-state index in [9.17, 15) is 0 Å². The maximum absolute atomic E-state index is 5.50. The molecule has 28 heavy (non-hydrogen) atoms. The number of rotatable bonds is 7. The highest BCUT2D eigenvalue weighted by Crippen LogP contribution is 2.17. The summed E-state index contributed by atoms with van der Waals surface area (Å²) in [6.07, 6.45) is 5.78. The molecule has 1 aromatic carbocycles. The lowest BCUT2D eigenvalue weighted by atomic mass is 10.0. The Hall–Kier alpha value is -0.380. The van der Waals surface area contributed by atoms with Crippen LogP contribution in [0.15, 0.2) is 33.7 Å². The number of likely N-dealkylation sites (tertiary alicyclic amines) is 1. The Kier molecular flexibility index (Phi) is 11.1. The Morgan fingerprint density at radius 3 is 2.79 bits per heavy atom. The Labute approximate surface area is 195 Å².